The first kappa shape index (κ1) is 20.5. The number of ether oxygens (including phenoxy) is 1. The molecule has 0 saturated carbocycles. The molecule has 0 N–H and O–H groups in total. The largest absolute Gasteiger partial charge is 0.457 e. The van der Waals surface area contributed by atoms with E-state index in [-0.39, 0.29) is 0 Å². The molecule has 0 saturated heterocycles. The van der Waals surface area contributed by atoms with E-state index in [2.05, 4.69) is 39.8 Å². The second-order valence-electron chi connectivity index (χ2n) is 7.84. The third-order valence-electron chi connectivity index (χ3n) is 5.00. The Labute approximate surface area is 183 Å². The Kier molecular flexibility index (Phi) is 6.40. The van der Waals surface area contributed by atoms with Gasteiger partial charge in [-0.2, -0.15) is 0 Å². The van der Waals surface area contributed by atoms with E-state index in [1.54, 1.807) is 0 Å². The summed E-state index contributed by atoms with van der Waals surface area (Å²) < 4.78 is 5.88. The molecule has 30 heavy (non-hydrogen) atoms. The van der Waals surface area contributed by atoms with Crippen LogP contribution < -0.4 is 4.74 Å². The van der Waals surface area contributed by atoms with E-state index < -0.39 is 0 Å². The molecule has 0 aliphatic carbocycles. The van der Waals surface area contributed by atoms with Gasteiger partial charge in [0.15, 0.2) is 0 Å². The van der Waals surface area contributed by atoms with Gasteiger partial charge in [0.1, 0.15) is 11.5 Å². The first-order valence-electron chi connectivity index (χ1n) is 10.1. The van der Waals surface area contributed by atoms with Gasteiger partial charge in [0, 0.05) is 30.2 Å². The molecule has 0 unspecified atom stereocenters. The molecule has 1 heterocycles. The molecule has 152 valence electrons. The molecule has 0 aromatic heterocycles. The predicted octanol–water partition coefficient (Wildman–Crippen LogP) is 5.56. The van der Waals surface area contributed by atoms with E-state index in [0.717, 1.165) is 48.3 Å². The Bertz CT molecular complexity index is 1070. The van der Waals surface area contributed by atoms with E-state index in [1.807, 2.05) is 62.6 Å². The van der Waals surface area contributed by atoms with Gasteiger partial charge in [-0.3, -0.25) is 9.80 Å². The van der Waals surface area contributed by atoms with Crippen molar-refractivity contribution in [1.82, 2.24) is 9.80 Å². The number of halogens is 1. The molecular formula is C26H25ClN2O. The molecule has 1 aliphatic rings. The summed E-state index contributed by atoms with van der Waals surface area (Å²) in [7, 11) is 4.03. The molecule has 3 aromatic rings. The number of fused-ring (bicyclic) bond motifs is 1. The van der Waals surface area contributed by atoms with Crippen LogP contribution in [0.25, 0.3) is 0 Å². The average Bonchev–Trinajstić information content (AvgIpc) is 3.13. The lowest BCUT2D eigenvalue weighted by atomic mass is 10.1. The molecule has 4 heteroatoms. The predicted molar refractivity (Wildman–Crippen MR) is 123 cm³/mol. The summed E-state index contributed by atoms with van der Waals surface area (Å²) >= 11 is 6.56. The van der Waals surface area contributed by atoms with Crippen LogP contribution >= 0.6 is 11.6 Å². The number of benzene rings is 3. The number of para-hydroxylation sites is 1. The van der Waals surface area contributed by atoms with Crippen molar-refractivity contribution >= 4 is 11.6 Å². The van der Waals surface area contributed by atoms with Gasteiger partial charge < -0.3 is 4.74 Å². The van der Waals surface area contributed by atoms with Crippen LogP contribution in [0.2, 0.25) is 5.02 Å². The Morgan fingerprint density at radius 1 is 0.967 bits per heavy atom. The lowest BCUT2D eigenvalue weighted by molar-refractivity contribution is 0.275. The molecule has 0 amide bonds. The van der Waals surface area contributed by atoms with Crippen LogP contribution in [0.4, 0.5) is 0 Å². The van der Waals surface area contributed by atoms with Gasteiger partial charge in [-0.25, -0.2) is 0 Å². The zero-order valence-electron chi connectivity index (χ0n) is 17.4. The van der Waals surface area contributed by atoms with Crippen LogP contribution in [0.5, 0.6) is 11.5 Å². The van der Waals surface area contributed by atoms with E-state index in [4.69, 9.17) is 16.3 Å². The van der Waals surface area contributed by atoms with Crippen molar-refractivity contribution in [1.29, 1.82) is 0 Å². The minimum Gasteiger partial charge on any atom is -0.457 e. The minimum atomic E-state index is 0.741. The van der Waals surface area contributed by atoms with Crippen molar-refractivity contribution in [3.8, 4) is 23.3 Å². The number of nitrogens with zero attached hydrogens (tertiary/aromatic N) is 2. The number of hydrogen-bond acceptors (Lipinski definition) is 3. The highest BCUT2D eigenvalue weighted by Crippen LogP contribution is 2.32. The van der Waals surface area contributed by atoms with E-state index in [0.29, 0.717) is 0 Å². The Morgan fingerprint density at radius 3 is 2.43 bits per heavy atom. The van der Waals surface area contributed by atoms with Crippen molar-refractivity contribution in [2.24, 2.45) is 0 Å². The van der Waals surface area contributed by atoms with Crippen LogP contribution in [0.15, 0.2) is 66.7 Å². The van der Waals surface area contributed by atoms with Crippen molar-refractivity contribution in [3.63, 3.8) is 0 Å². The van der Waals surface area contributed by atoms with Crippen molar-refractivity contribution in [2.45, 2.75) is 19.6 Å². The number of hydrogen-bond donors (Lipinski definition) is 0. The zero-order valence-corrected chi connectivity index (χ0v) is 18.1. The second-order valence-corrected chi connectivity index (χ2v) is 8.25. The van der Waals surface area contributed by atoms with Gasteiger partial charge in [-0.1, -0.05) is 53.8 Å². The molecular weight excluding hydrogens is 392 g/mol. The summed E-state index contributed by atoms with van der Waals surface area (Å²) in [4.78, 5) is 4.46. The van der Waals surface area contributed by atoms with E-state index in [9.17, 15) is 0 Å². The maximum atomic E-state index is 6.56. The SMILES string of the molecule is CN(C)CC#Cc1cc(Cl)c2c(c1)CN(Cc1ccc(Oc3ccccc3)cc1)C2. The third kappa shape index (κ3) is 5.23. The molecule has 0 spiro atoms. The van der Waals surface area contributed by atoms with E-state index in [1.165, 1.54) is 16.7 Å². The van der Waals surface area contributed by atoms with Crippen LogP contribution in [-0.2, 0) is 19.6 Å². The minimum absolute atomic E-state index is 0.741. The Hall–Kier alpha value is -2.77. The summed E-state index contributed by atoms with van der Waals surface area (Å²) in [5.74, 6) is 8.11. The van der Waals surface area contributed by atoms with Crippen molar-refractivity contribution < 1.29 is 4.74 Å². The normalized spacial score (nSPS) is 13.1. The van der Waals surface area contributed by atoms with Crippen molar-refractivity contribution in [3.05, 3.63) is 94.0 Å². The van der Waals surface area contributed by atoms with Crippen LogP contribution in [0.3, 0.4) is 0 Å². The van der Waals surface area contributed by atoms with Gasteiger partial charge in [0.2, 0.25) is 0 Å². The van der Waals surface area contributed by atoms with Gasteiger partial charge in [-0.15, -0.1) is 0 Å². The Morgan fingerprint density at radius 2 is 1.70 bits per heavy atom. The summed E-state index contributed by atoms with van der Waals surface area (Å²) in [6, 6.07) is 22.3. The fraction of sp³-hybridized carbons (Fsp3) is 0.231. The summed E-state index contributed by atoms with van der Waals surface area (Å²) in [6.07, 6.45) is 0. The second kappa shape index (κ2) is 9.36. The van der Waals surface area contributed by atoms with Crippen LogP contribution in [0.1, 0.15) is 22.3 Å². The van der Waals surface area contributed by atoms with Crippen molar-refractivity contribution in [2.75, 3.05) is 20.6 Å². The third-order valence-corrected chi connectivity index (χ3v) is 5.34. The highest BCUT2D eigenvalue weighted by atomic mass is 35.5. The fourth-order valence-corrected chi connectivity index (χ4v) is 3.86. The highest BCUT2D eigenvalue weighted by Gasteiger charge is 2.22. The topological polar surface area (TPSA) is 15.7 Å². The van der Waals surface area contributed by atoms with E-state index >= 15 is 0 Å². The molecule has 3 nitrogen and oxygen atoms in total. The van der Waals surface area contributed by atoms with Gasteiger partial charge >= 0.3 is 0 Å². The highest BCUT2D eigenvalue weighted by molar-refractivity contribution is 6.31. The molecule has 1 aliphatic heterocycles. The first-order chi connectivity index (χ1) is 14.6. The smallest absolute Gasteiger partial charge is 0.127 e. The van der Waals surface area contributed by atoms with Gasteiger partial charge in [-0.05, 0) is 67.2 Å². The Balaban J connectivity index is 1.39. The molecule has 0 fully saturated rings. The summed E-state index contributed by atoms with van der Waals surface area (Å²) in [5.41, 5.74) is 4.75. The van der Waals surface area contributed by atoms with Crippen LogP contribution in [0, 0.1) is 11.8 Å². The maximum absolute atomic E-state index is 6.56. The maximum Gasteiger partial charge on any atom is 0.127 e. The quantitative estimate of drug-likeness (QED) is 0.506. The fourth-order valence-electron chi connectivity index (χ4n) is 3.56. The average molecular weight is 417 g/mol. The van der Waals surface area contributed by atoms with Crippen LogP contribution in [-0.4, -0.2) is 30.4 Å². The molecule has 0 radical (unpaired) electrons. The molecule has 0 atom stereocenters. The lowest BCUT2D eigenvalue weighted by Crippen LogP contribution is -2.15. The van der Waals surface area contributed by atoms with Gasteiger partial charge in [0.25, 0.3) is 0 Å². The molecule has 3 aromatic carbocycles. The van der Waals surface area contributed by atoms with Gasteiger partial charge in [0.05, 0.1) is 6.54 Å². The number of rotatable bonds is 5. The zero-order chi connectivity index (χ0) is 20.9. The summed E-state index contributed by atoms with van der Waals surface area (Å²) in [5, 5.41) is 0.816. The first-order valence-corrected chi connectivity index (χ1v) is 10.4. The molecule has 0 bridgehead atoms. The molecule has 4 rings (SSSR count). The monoisotopic (exact) mass is 416 g/mol. The summed E-state index contributed by atoms with van der Waals surface area (Å²) in [6.45, 7) is 3.37. The standard InChI is InChI=1S/C26H25ClN2O/c1-28(2)14-6-7-21-15-22-18-29(19-25(22)26(27)16-21)17-20-10-12-24(13-11-20)30-23-8-4-3-5-9-23/h3-5,8-13,15-16H,14,17-19H2,1-2H3. The lowest BCUT2D eigenvalue weighted by Gasteiger charge is -2.15.